The van der Waals surface area contributed by atoms with Gasteiger partial charge in [-0.15, -0.1) is 6.58 Å². The number of anilines is 1. The normalized spacial score (nSPS) is 8.58. The second-order valence-electron chi connectivity index (χ2n) is 2.33. The molecular formula is C10H10N2. The van der Waals surface area contributed by atoms with Gasteiger partial charge in [-0.1, -0.05) is 18.2 Å². The van der Waals surface area contributed by atoms with Gasteiger partial charge in [0.2, 0.25) is 0 Å². The van der Waals surface area contributed by atoms with Gasteiger partial charge < -0.3 is 5.32 Å². The summed E-state index contributed by atoms with van der Waals surface area (Å²) < 4.78 is 0. The van der Waals surface area contributed by atoms with Crippen LogP contribution in [0, 0.1) is 11.3 Å². The number of rotatable bonds is 3. The van der Waals surface area contributed by atoms with Gasteiger partial charge in [0.1, 0.15) is 6.07 Å². The standard InChI is InChI=1S/C10H10N2/c1-2-7-12-10-6-4-3-5-9(10)8-11/h2-6,12H,1,7H2. The predicted octanol–water partition coefficient (Wildman–Crippen LogP) is 2.16. The van der Waals surface area contributed by atoms with Crippen LogP contribution in [0.3, 0.4) is 0 Å². The minimum atomic E-state index is 0.666. The lowest BCUT2D eigenvalue weighted by Crippen LogP contribution is -1.99. The van der Waals surface area contributed by atoms with Crippen LogP contribution in [-0.2, 0) is 0 Å². The van der Waals surface area contributed by atoms with Crippen molar-refractivity contribution in [3.63, 3.8) is 0 Å². The molecule has 60 valence electrons. The molecule has 1 aromatic carbocycles. The fourth-order valence-electron chi connectivity index (χ4n) is 0.917. The SMILES string of the molecule is C=CCNc1ccccc1C#N. The maximum atomic E-state index is 8.70. The van der Waals surface area contributed by atoms with Gasteiger partial charge in [-0.3, -0.25) is 0 Å². The van der Waals surface area contributed by atoms with Gasteiger partial charge in [-0.05, 0) is 12.1 Å². The third-order valence-corrected chi connectivity index (χ3v) is 1.48. The van der Waals surface area contributed by atoms with E-state index < -0.39 is 0 Å². The average molecular weight is 158 g/mol. The lowest BCUT2D eigenvalue weighted by molar-refractivity contribution is 1.33. The molecule has 0 amide bonds. The highest BCUT2D eigenvalue weighted by Gasteiger charge is 1.96. The Morgan fingerprint density at radius 3 is 2.92 bits per heavy atom. The van der Waals surface area contributed by atoms with Gasteiger partial charge in [-0.2, -0.15) is 5.26 Å². The number of nitriles is 1. The molecule has 0 bridgehead atoms. The smallest absolute Gasteiger partial charge is 0.101 e. The van der Waals surface area contributed by atoms with Crippen LogP contribution in [0.25, 0.3) is 0 Å². The van der Waals surface area contributed by atoms with Gasteiger partial charge in [0, 0.05) is 6.54 Å². The summed E-state index contributed by atoms with van der Waals surface area (Å²) in [6.45, 7) is 4.27. The van der Waals surface area contributed by atoms with Gasteiger partial charge in [0.15, 0.2) is 0 Å². The summed E-state index contributed by atoms with van der Waals surface area (Å²) in [5.74, 6) is 0. The molecule has 0 fully saturated rings. The zero-order valence-corrected chi connectivity index (χ0v) is 6.75. The van der Waals surface area contributed by atoms with Gasteiger partial charge in [-0.25, -0.2) is 0 Å². The maximum absolute atomic E-state index is 8.70. The van der Waals surface area contributed by atoms with Crippen LogP contribution < -0.4 is 5.32 Å². The van der Waals surface area contributed by atoms with Gasteiger partial charge >= 0.3 is 0 Å². The molecule has 0 spiro atoms. The number of nitrogens with one attached hydrogen (secondary N) is 1. The lowest BCUT2D eigenvalue weighted by atomic mass is 10.2. The van der Waals surface area contributed by atoms with Crippen molar-refractivity contribution >= 4 is 5.69 Å². The Hall–Kier alpha value is -1.75. The topological polar surface area (TPSA) is 35.8 Å². The summed E-state index contributed by atoms with van der Waals surface area (Å²) in [5, 5.41) is 11.8. The maximum Gasteiger partial charge on any atom is 0.101 e. The quantitative estimate of drug-likeness (QED) is 0.684. The Labute approximate surface area is 72.1 Å². The first-order chi connectivity index (χ1) is 5.88. The fourth-order valence-corrected chi connectivity index (χ4v) is 0.917. The summed E-state index contributed by atoms with van der Waals surface area (Å²) >= 11 is 0. The summed E-state index contributed by atoms with van der Waals surface area (Å²) in [6, 6.07) is 9.51. The number of hydrogen-bond donors (Lipinski definition) is 1. The van der Waals surface area contributed by atoms with E-state index in [0.717, 1.165) is 5.69 Å². The van der Waals surface area contributed by atoms with E-state index in [4.69, 9.17) is 5.26 Å². The number of hydrogen-bond acceptors (Lipinski definition) is 2. The molecule has 1 rings (SSSR count). The highest BCUT2D eigenvalue weighted by Crippen LogP contribution is 2.12. The molecule has 0 saturated carbocycles. The highest BCUT2D eigenvalue weighted by molar-refractivity contribution is 5.57. The zero-order valence-electron chi connectivity index (χ0n) is 6.75. The number of benzene rings is 1. The van der Waals surface area contributed by atoms with Crippen LogP contribution in [0.5, 0.6) is 0 Å². The lowest BCUT2D eigenvalue weighted by Gasteiger charge is -2.03. The molecule has 2 heteroatoms. The van der Waals surface area contributed by atoms with Crippen molar-refractivity contribution in [1.29, 1.82) is 5.26 Å². The van der Waals surface area contributed by atoms with E-state index in [-0.39, 0.29) is 0 Å². The van der Waals surface area contributed by atoms with E-state index >= 15 is 0 Å². The number of para-hydroxylation sites is 1. The fraction of sp³-hybridized carbons (Fsp3) is 0.100. The minimum absolute atomic E-state index is 0.666. The third-order valence-electron chi connectivity index (χ3n) is 1.48. The van der Waals surface area contributed by atoms with E-state index in [1.807, 2.05) is 18.2 Å². The summed E-state index contributed by atoms with van der Waals surface area (Å²) in [7, 11) is 0. The Morgan fingerprint density at radius 2 is 2.25 bits per heavy atom. The Kier molecular flexibility index (Phi) is 2.92. The highest BCUT2D eigenvalue weighted by atomic mass is 14.9. The second-order valence-corrected chi connectivity index (χ2v) is 2.33. The molecule has 0 aliphatic carbocycles. The first-order valence-corrected chi connectivity index (χ1v) is 3.72. The van der Waals surface area contributed by atoms with Gasteiger partial charge in [0.05, 0.1) is 11.3 Å². The molecule has 0 atom stereocenters. The van der Waals surface area contributed by atoms with E-state index in [9.17, 15) is 0 Å². The van der Waals surface area contributed by atoms with Crippen LogP contribution >= 0.6 is 0 Å². The van der Waals surface area contributed by atoms with E-state index in [0.29, 0.717) is 12.1 Å². The molecule has 0 radical (unpaired) electrons. The van der Waals surface area contributed by atoms with Crippen LogP contribution in [0.1, 0.15) is 5.56 Å². The van der Waals surface area contributed by atoms with Crippen molar-refractivity contribution in [2.24, 2.45) is 0 Å². The van der Waals surface area contributed by atoms with Crippen molar-refractivity contribution in [3.05, 3.63) is 42.5 Å². The molecule has 12 heavy (non-hydrogen) atoms. The number of nitrogens with zero attached hydrogens (tertiary/aromatic N) is 1. The van der Waals surface area contributed by atoms with Crippen LogP contribution in [0.2, 0.25) is 0 Å². The molecular weight excluding hydrogens is 148 g/mol. The molecule has 0 saturated heterocycles. The third kappa shape index (κ3) is 1.86. The Balaban J connectivity index is 2.83. The van der Waals surface area contributed by atoms with Gasteiger partial charge in [0.25, 0.3) is 0 Å². The Bertz CT molecular complexity index is 310. The zero-order chi connectivity index (χ0) is 8.81. The minimum Gasteiger partial charge on any atom is -0.381 e. The van der Waals surface area contributed by atoms with Crippen molar-refractivity contribution in [1.82, 2.24) is 0 Å². The van der Waals surface area contributed by atoms with Crippen molar-refractivity contribution in [2.45, 2.75) is 0 Å². The summed E-state index contributed by atoms with van der Waals surface area (Å²) in [6.07, 6.45) is 1.76. The van der Waals surface area contributed by atoms with Crippen molar-refractivity contribution < 1.29 is 0 Å². The molecule has 0 aromatic heterocycles. The summed E-state index contributed by atoms with van der Waals surface area (Å²) in [4.78, 5) is 0. The van der Waals surface area contributed by atoms with E-state index in [1.54, 1.807) is 12.1 Å². The molecule has 2 nitrogen and oxygen atoms in total. The predicted molar refractivity (Wildman–Crippen MR) is 49.8 cm³/mol. The first kappa shape index (κ1) is 8.35. The first-order valence-electron chi connectivity index (χ1n) is 3.72. The molecule has 1 aromatic rings. The van der Waals surface area contributed by atoms with Crippen LogP contribution in [-0.4, -0.2) is 6.54 Å². The Morgan fingerprint density at radius 1 is 1.50 bits per heavy atom. The van der Waals surface area contributed by atoms with Crippen LogP contribution in [0.15, 0.2) is 36.9 Å². The van der Waals surface area contributed by atoms with Crippen molar-refractivity contribution in [2.75, 3.05) is 11.9 Å². The molecule has 0 aliphatic rings. The summed E-state index contributed by atoms with van der Waals surface area (Å²) in [5.41, 5.74) is 1.53. The molecule has 0 unspecified atom stereocenters. The molecule has 1 N–H and O–H groups in total. The van der Waals surface area contributed by atoms with E-state index in [1.165, 1.54) is 0 Å². The second kappa shape index (κ2) is 4.20. The largest absolute Gasteiger partial charge is 0.381 e. The van der Waals surface area contributed by atoms with Crippen LogP contribution in [0.4, 0.5) is 5.69 Å². The molecule has 0 aliphatic heterocycles. The monoisotopic (exact) mass is 158 g/mol. The van der Waals surface area contributed by atoms with Crippen molar-refractivity contribution in [3.8, 4) is 6.07 Å². The average Bonchev–Trinajstić information content (AvgIpc) is 2.15. The van der Waals surface area contributed by atoms with E-state index in [2.05, 4.69) is 18.0 Å². The molecule has 0 heterocycles.